The summed E-state index contributed by atoms with van der Waals surface area (Å²) in [4.78, 5) is 23.3. The van der Waals surface area contributed by atoms with Crippen molar-refractivity contribution in [1.82, 2.24) is 5.06 Å². The van der Waals surface area contributed by atoms with Crippen LogP contribution in [0.5, 0.6) is 0 Å². The van der Waals surface area contributed by atoms with Gasteiger partial charge in [-0.1, -0.05) is 24.3 Å². The van der Waals surface area contributed by atoms with E-state index < -0.39 is 11.8 Å². The Kier molecular flexibility index (Phi) is 2.87. The van der Waals surface area contributed by atoms with Crippen LogP contribution in [0.2, 0.25) is 0 Å². The van der Waals surface area contributed by atoms with E-state index in [2.05, 4.69) is 0 Å². The Balaban J connectivity index is 0.00000108. The molecular formula is C12H7NO3Ti. The number of hydrogen-bond acceptors (Lipinski definition) is 3. The zero-order chi connectivity index (χ0) is 11.3. The maximum absolute atomic E-state index is 11.7. The molecule has 0 saturated carbocycles. The molecule has 0 spiro atoms. The molecular weight excluding hydrogens is 254 g/mol. The van der Waals surface area contributed by atoms with Crippen molar-refractivity contribution in [2.45, 2.75) is 0 Å². The molecule has 1 heterocycles. The van der Waals surface area contributed by atoms with E-state index in [1.54, 1.807) is 24.3 Å². The van der Waals surface area contributed by atoms with Gasteiger partial charge < -0.3 is 0 Å². The van der Waals surface area contributed by atoms with E-state index in [0.717, 1.165) is 5.39 Å². The van der Waals surface area contributed by atoms with Crippen LogP contribution in [0.15, 0.2) is 36.4 Å². The summed E-state index contributed by atoms with van der Waals surface area (Å²) < 4.78 is 0. The Hall–Kier alpha value is -1.49. The first-order valence-corrected chi connectivity index (χ1v) is 4.79. The van der Waals surface area contributed by atoms with Crippen LogP contribution in [0.25, 0.3) is 10.8 Å². The van der Waals surface area contributed by atoms with Crippen LogP contribution in [0, 0.1) is 0 Å². The minimum Gasteiger partial charge on any atom is -0.278 e. The summed E-state index contributed by atoms with van der Waals surface area (Å²) in [6.07, 6.45) is 0. The number of imide groups is 1. The van der Waals surface area contributed by atoms with Gasteiger partial charge in [0.2, 0.25) is 0 Å². The molecule has 0 aromatic heterocycles. The second-order valence-electron chi connectivity index (χ2n) is 3.63. The third-order valence-electron chi connectivity index (χ3n) is 2.75. The van der Waals surface area contributed by atoms with E-state index >= 15 is 0 Å². The first-order valence-electron chi connectivity index (χ1n) is 4.79. The number of carbonyl (C=O) groups is 2. The summed E-state index contributed by atoms with van der Waals surface area (Å²) in [6, 6.07) is 10.3. The molecule has 3 rings (SSSR count). The summed E-state index contributed by atoms with van der Waals surface area (Å²) in [5, 5.41) is 11.0. The third kappa shape index (κ3) is 1.53. The van der Waals surface area contributed by atoms with Crippen molar-refractivity contribution in [2.24, 2.45) is 0 Å². The second kappa shape index (κ2) is 4.07. The fraction of sp³-hybridized carbons (Fsp3) is 0. The van der Waals surface area contributed by atoms with Gasteiger partial charge in [0.1, 0.15) is 0 Å². The Morgan fingerprint density at radius 1 is 0.882 bits per heavy atom. The molecule has 1 N–H and O–H groups in total. The van der Waals surface area contributed by atoms with E-state index in [9.17, 15) is 14.8 Å². The van der Waals surface area contributed by atoms with E-state index in [1.807, 2.05) is 12.1 Å². The summed E-state index contributed by atoms with van der Waals surface area (Å²) in [7, 11) is 0. The Morgan fingerprint density at radius 3 is 1.82 bits per heavy atom. The van der Waals surface area contributed by atoms with Gasteiger partial charge in [-0.15, -0.1) is 5.06 Å². The van der Waals surface area contributed by atoms with Crippen molar-refractivity contribution in [2.75, 3.05) is 0 Å². The molecule has 0 bridgehead atoms. The van der Waals surface area contributed by atoms with Gasteiger partial charge in [-0.2, -0.15) is 0 Å². The molecule has 82 valence electrons. The van der Waals surface area contributed by atoms with Gasteiger partial charge in [0, 0.05) is 27.1 Å². The van der Waals surface area contributed by atoms with Crippen LogP contribution in [0.1, 0.15) is 20.7 Å². The molecule has 0 aliphatic carbocycles. The number of benzene rings is 2. The van der Waals surface area contributed by atoms with E-state index in [4.69, 9.17) is 0 Å². The van der Waals surface area contributed by atoms with Crippen molar-refractivity contribution in [3.05, 3.63) is 47.5 Å². The normalized spacial score (nSPS) is 13.8. The van der Waals surface area contributed by atoms with Gasteiger partial charge in [-0.25, -0.2) is 0 Å². The molecule has 1 aliphatic heterocycles. The molecule has 17 heavy (non-hydrogen) atoms. The van der Waals surface area contributed by atoms with Gasteiger partial charge in [-0.3, -0.25) is 14.8 Å². The number of carbonyl (C=O) groups excluding carboxylic acids is 2. The van der Waals surface area contributed by atoms with Crippen LogP contribution in [-0.2, 0) is 21.7 Å². The molecule has 2 aromatic rings. The molecule has 0 unspecified atom stereocenters. The maximum Gasteiger partial charge on any atom is 0.285 e. The fourth-order valence-electron chi connectivity index (χ4n) is 2.02. The van der Waals surface area contributed by atoms with Gasteiger partial charge in [-0.05, 0) is 17.5 Å². The van der Waals surface area contributed by atoms with Gasteiger partial charge >= 0.3 is 0 Å². The van der Waals surface area contributed by atoms with E-state index in [1.165, 1.54) is 0 Å². The Morgan fingerprint density at radius 2 is 1.35 bits per heavy atom. The Labute approximate surface area is 112 Å². The largest absolute Gasteiger partial charge is 0.285 e. The number of amides is 2. The number of hydroxylamine groups is 2. The van der Waals surface area contributed by atoms with Gasteiger partial charge in [0.25, 0.3) is 11.8 Å². The predicted molar refractivity (Wildman–Crippen MR) is 56.2 cm³/mol. The molecule has 2 aromatic carbocycles. The van der Waals surface area contributed by atoms with Crippen LogP contribution in [0.4, 0.5) is 0 Å². The summed E-state index contributed by atoms with van der Waals surface area (Å²) >= 11 is 0. The monoisotopic (exact) mass is 261 g/mol. The minimum atomic E-state index is -0.672. The standard InChI is InChI=1S/C12H7NO3.Ti/c14-11-8-5-1-3-7-4-2-6-9(10(7)8)12(15)13(11)16;/h1-6,16H;. The van der Waals surface area contributed by atoms with Crippen LogP contribution in [-0.4, -0.2) is 22.1 Å². The van der Waals surface area contributed by atoms with Crippen molar-refractivity contribution in [3.8, 4) is 0 Å². The Bertz CT molecular complexity index is 588. The average Bonchev–Trinajstić information content (AvgIpc) is 2.33. The van der Waals surface area contributed by atoms with E-state index in [-0.39, 0.29) is 26.8 Å². The zero-order valence-electron chi connectivity index (χ0n) is 8.68. The average molecular weight is 261 g/mol. The molecule has 4 nitrogen and oxygen atoms in total. The molecule has 0 fully saturated rings. The van der Waals surface area contributed by atoms with Crippen LogP contribution in [0.3, 0.4) is 0 Å². The molecule has 2 amide bonds. The van der Waals surface area contributed by atoms with Crippen LogP contribution < -0.4 is 0 Å². The summed E-state index contributed by atoms with van der Waals surface area (Å²) in [5.74, 6) is -1.34. The number of nitrogens with zero attached hydrogens (tertiary/aromatic N) is 1. The van der Waals surface area contributed by atoms with Crippen molar-refractivity contribution < 1.29 is 36.5 Å². The van der Waals surface area contributed by atoms with Crippen molar-refractivity contribution >= 4 is 22.6 Å². The minimum absolute atomic E-state index is 0. The zero-order valence-corrected chi connectivity index (χ0v) is 10.2. The topological polar surface area (TPSA) is 57.6 Å². The molecule has 0 atom stereocenters. The summed E-state index contributed by atoms with van der Waals surface area (Å²) in [6.45, 7) is 0. The number of rotatable bonds is 0. The predicted octanol–water partition coefficient (Wildman–Crippen LogP) is 1.82. The molecule has 0 saturated heterocycles. The molecule has 1 aliphatic rings. The first kappa shape index (κ1) is 12.0. The molecule has 5 heteroatoms. The smallest absolute Gasteiger partial charge is 0.278 e. The second-order valence-corrected chi connectivity index (χ2v) is 3.63. The van der Waals surface area contributed by atoms with Gasteiger partial charge in [0.15, 0.2) is 0 Å². The van der Waals surface area contributed by atoms with Crippen LogP contribution >= 0.6 is 0 Å². The van der Waals surface area contributed by atoms with E-state index in [0.29, 0.717) is 16.5 Å². The van der Waals surface area contributed by atoms with Gasteiger partial charge in [0.05, 0.1) is 11.1 Å². The van der Waals surface area contributed by atoms with Crippen molar-refractivity contribution in [1.29, 1.82) is 0 Å². The quantitative estimate of drug-likeness (QED) is 0.447. The first-order chi connectivity index (χ1) is 7.70. The number of hydrogen-bond donors (Lipinski definition) is 1. The fourth-order valence-corrected chi connectivity index (χ4v) is 2.02. The maximum atomic E-state index is 11.7. The van der Waals surface area contributed by atoms with Crippen molar-refractivity contribution in [3.63, 3.8) is 0 Å². The summed E-state index contributed by atoms with van der Waals surface area (Å²) in [5.41, 5.74) is 0.713. The third-order valence-corrected chi connectivity index (χ3v) is 2.75. The molecule has 0 radical (unpaired) electrons. The SMILES string of the molecule is O=C1c2cccc3cccc(c23)C(=O)N1O.[Ti].